The van der Waals surface area contributed by atoms with Gasteiger partial charge in [0.15, 0.2) is 0 Å². The van der Waals surface area contributed by atoms with Gasteiger partial charge in [-0.2, -0.15) is 0 Å². The van der Waals surface area contributed by atoms with Crippen molar-refractivity contribution in [2.75, 3.05) is 46.9 Å². The van der Waals surface area contributed by atoms with Crippen LogP contribution in [0.1, 0.15) is 19.3 Å². The minimum Gasteiger partial charge on any atom is -0.387 e. The Bertz CT molecular complexity index is 681. The minimum absolute atomic E-state index is 0.136. The van der Waals surface area contributed by atoms with Gasteiger partial charge in [-0.05, 0) is 19.3 Å². The van der Waals surface area contributed by atoms with Crippen LogP contribution in [0.5, 0.6) is 0 Å². The van der Waals surface area contributed by atoms with Crippen LogP contribution in [0.3, 0.4) is 0 Å². The van der Waals surface area contributed by atoms with Gasteiger partial charge in [-0.1, -0.05) is 11.1 Å². The number of hydrogen-bond acceptors (Lipinski definition) is 4. The minimum atomic E-state index is -0.791. The zero-order valence-corrected chi connectivity index (χ0v) is 16.0. The Morgan fingerprint density at radius 2 is 2.00 bits per heavy atom. The van der Waals surface area contributed by atoms with Crippen molar-refractivity contribution in [3.8, 4) is 0 Å². The molecule has 3 heterocycles. The molecule has 3 aliphatic heterocycles. The molecule has 0 bridgehead atoms. The lowest BCUT2D eigenvalue weighted by atomic mass is 10.1. The number of urea groups is 1. The molecule has 2 atom stereocenters. The third kappa shape index (κ3) is 3.74. The predicted octanol–water partition coefficient (Wildman–Crippen LogP) is -0.291. The fourth-order valence-corrected chi connectivity index (χ4v) is 3.69. The lowest BCUT2D eigenvalue weighted by molar-refractivity contribution is -0.542. The first-order valence-corrected chi connectivity index (χ1v) is 9.34. The highest BCUT2D eigenvalue weighted by molar-refractivity contribution is 6.25. The summed E-state index contributed by atoms with van der Waals surface area (Å²) in [6.45, 7) is 5.97. The molecule has 2 saturated heterocycles. The van der Waals surface area contributed by atoms with Crippen LogP contribution in [0.4, 0.5) is 4.79 Å². The lowest BCUT2D eigenvalue weighted by Gasteiger charge is -2.33. The van der Waals surface area contributed by atoms with Gasteiger partial charge in [-0.3, -0.25) is 19.2 Å². The number of β-amino-alcohol motifs (C(OH)–C–C–N with tert-alkyl or cyclic N) is 1. The van der Waals surface area contributed by atoms with E-state index in [1.807, 2.05) is 4.90 Å². The molecule has 0 spiro atoms. The molecule has 3 amide bonds. The number of ether oxygens (including phenoxy) is 1. The van der Waals surface area contributed by atoms with Crippen LogP contribution in [0, 0.1) is 0 Å². The molecule has 27 heavy (non-hydrogen) atoms. The van der Waals surface area contributed by atoms with Gasteiger partial charge >= 0.3 is 12.0 Å². The van der Waals surface area contributed by atoms with E-state index in [9.17, 15) is 14.7 Å². The highest BCUT2D eigenvalue weighted by Crippen LogP contribution is 2.24. The molecule has 0 saturated carbocycles. The summed E-state index contributed by atoms with van der Waals surface area (Å²) >= 11 is 0. The number of carbonyl (C=O) groups excluding carboxylic acids is 2. The van der Waals surface area contributed by atoms with E-state index in [-0.39, 0.29) is 19.1 Å². The third-order valence-electron chi connectivity index (χ3n) is 5.10. The number of guanidine groups is 1. The SMILES string of the molecule is C=CCOCC(O)CN1C(=[N+]2CCCCC2)N=C2C1C(=O)N(C)C(=O)N2C. The molecular weight excluding hydrogens is 350 g/mol. The van der Waals surface area contributed by atoms with Crippen LogP contribution in [-0.2, 0) is 9.53 Å². The van der Waals surface area contributed by atoms with Gasteiger partial charge in [0, 0.05) is 14.1 Å². The van der Waals surface area contributed by atoms with Crippen LogP contribution in [0.15, 0.2) is 17.6 Å². The smallest absolute Gasteiger partial charge is 0.387 e. The second-order valence-corrected chi connectivity index (χ2v) is 7.09. The summed E-state index contributed by atoms with van der Waals surface area (Å²) in [5.41, 5.74) is 0. The van der Waals surface area contributed by atoms with Crippen LogP contribution >= 0.6 is 0 Å². The number of nitrogens with zero attached hydrogens (tertiary/aromatic N) is 5. The molecule has 1 N–H and O–H groups in total. The average Bonchev–Trinajstić information content (AvgIpc) is 3.05. The van der Waals surface area contributed by atoms with Gasteiger partial charge < -0.3 is 9.84 Å². The summed E-state index contributed by atoms with van der Waals surface area (Å²) in [6.07, 6.45) is 4.11. The Morgan fingerprint density at radius 3 is 2.67 bits per heavy atom. The summed E-state index contributed by atoms with van der Waals surface area (Å²) < 4.78 is 7.48. The second-order valence-electron chi connectivity index (χ2n) is 7.09. The Kier molecular flexibility index (Phi) is 5.91. The summed E-state index contributed by atoms with van der Waals surface area (Å²) in [5.74, 6) is 0.742. The van der Waals surface area contributed by atoms with E-state index in [0.29, 0.717) is 18.4 Å². The zero-order chi connectivity index (χ0) is 19.6. The fraction of sp³-hybridized carbons (Fsp3) is 0.667. The Labute approximate surface area is 159 Å². The molecule has 0 aromatic heterocycles. The number of aliphatic hydroxyl groups is 1. The Hall–Kier alpha value is -2.26. The number of likely N-dealkylation sites (N-methyl/N-ethyl adjacent to an activating group) is 2. The highest BCUT2D eigenvalue weighted by Gasteiger charge is 2.55. The number of amides is 3. The van der Waals surface area contributed by atoms with Gasteiger partial charge in [0.1, 0.15) is 6.10 Å². The third-order valence-corrected chi connectivity index (χ3v) is 5.10. The monoisotopic (exact) mass is 378 g/mol. The van der Waals surface area contributed by atoms with Crippen molar-refractivity contribution < 1.29 is 24.0 Å². The van der Waals surface area contributed by atoms with Gasteiger partial charge in [0.05, 0.1) is 32.8 Å². The number of imide groups is 1. The van der Waals surface area contributed by atoms with Crippen molar-refractivity contribution in [2.24, 2.45) is 4.99 Å². The van der Waals surface area contributed by atoms with E-state index >= 15 is 0 Å². The van der Waals surface area contributed by atoms with E-state index in [4.69, 9.17) is 4.74 Å². The maximum Gasteiger partial charge on any atom is 0.392 e. The maximum absolute atomic E-state index is 12.8. The molecule has 0 aliphatic carbocycles. The standard InChI is InChI=1S/C18H28N5O4/c1-4-10-27-12-13(24)11-23-14-15(20(2)18(26)21(3)16(14)25)19-17(23)22-8-6-5-7-9-22/h4,13-14,24H,1,5-12H2,2-3H3/q+1. The molecule has 0 aromatic carbocycles. The zero-order valence-electron chi connectivity index (χ0n) is 16.0. The number of hydrogen-bond donors (Lipinski definition) is 1. The molecule has 0 aromatic rings. The fourth-order valence-electron chi connectivity index (χ4n) is 3.69. The van der Waals surface area contributed by atoms with Crippen molar-refractivity contribution >= 4 is 23.7 Å². The maximum atomic E-state index is 12.8. The van der Waals surface area contributed by atoms with Crippen molar-refractivity contribution in [3.63, 3.8) is 0 Å². The summed E-state index contributed by atoms with van der Waals surface area (Å²) in [4.78, 5) is 34.1. The van der Waals surface area contributed by atoms with Crippen LogP contribution in [0.2, 0.25) is 0 Å². The van der Waals surface area contributed by atoms with Gasteiger partial charge in [0.25, 0.3) is 5.91 Å². The number of amidine groups is 1. The van der Waals surface area contributed by atoms with Gasteiger partial charge in [-0.25, -0.2) is 9.69 Å². The van der Waals surface area contributed by atoms with Crippen molar-refractivity contribution in [1.29, 1.82) is 0 Å². The van der Waals surface area contributed by atoms with Crippen molar-refractivity contribution in [3.05, 3.63) is 12.7 Å². The topological polar surface area (TPSA) is 88.7 Å². The largest absolute Gasteiger partial charge is 0.392 e. The van der Waals surface area contributed by atoms with Gasteiger partial charge in [-0.15, -0.1) is 6.58 Å². The normalized spacial score (nSPS) is 24.3. The van der Waals surface area contributed by atoms with E-state index < -0.39 is 18.2 Å². The molecule has 148 valence electrons. The molecular formula is C18H28N5O4+. The predicted molar refractivity (Wildman–Crippen MR) is 99.7 cm³/mol. The van der Waals surface area contributed by atoms with E-state index in [1.54, 1.807) is 13.1 Å². The number of rotatable bonds is 6. The first kappa shape index (κ1) is 19.5. The van der Waals surface area contributed by atoms with E-state index in [1.165, 1.54) is 18.4 Å². The number of piperidine rings is 1. The number of aliphatic hydroxyl groups excluding tert-OH is 1. The van der Waals surface area contributed by atoms with Crippen molar-refractivity contribution in [2.45, 2.75) is 31.4 Å². The van der Waals surface area contributed by atoms with E-state index in [0.717, 1.165) is 30.8 Å². The summed E-state index contributed by atoms with van der Waals surface area (Å²) in [7, 11) is 3.09. The second kappa shape index (κ2) is 8.18. The first-order chi connectivity index (χ1) is 13.0. The molecule has 9 heteroatoms. The van der Waals surface area contributed by atoms with Crippen LogP contribution < -0.4 is 0 Å². The molecule has 2 fully saturated rings. The summed E-state index contributed by atoms with van der Waals surface area (Å²) in [6, 6.07) is -1.10. The van der Waals surface area contributed by atoms with Crippen molar-refractivity contribution in [1.82, 2.24) is 14.7 Å². The molecule has 2 unspecified atom stereocenters. The lowest BCUT2D eigenvalue weighted by Crippen LogP contribution is -2.63. The Morgan fingerprint density at radius 1 is 1.30 bits per heavy atom. The quantitative estimate of drug-likeness (QED) is 0.390. The molecule has 9 nitrogen and oxygen atoms in total. The average molecular weight is 378 g/mol. The molecule has 3 rings (SSSR count). The van der Waals surface area contributed by atoms with Gasteiger partial charge in [0.2, 0.25) is 11.9 Å². The van der Waals surface area contributed by atoms with E-state index in [2.05, 4.69) is 16.1 Å². The molecule has 0 radical (unpaired) electrons. The van der Waals surface area contributed by atoms with Crippen LogP contribution in [0.25, 0.3) is 0 Å². The molecule has 3 aliphatic rings. The number of aliphatic imine (C=N–C) groups is 1. The summed E-state index contributed by atoms with van der Waals surface area (Å²) in [5, 5.41) is 10.4. The number of fused-ring (bicyclic) bond motifs is 1. The first-order valence-electron chi connectivity index (χ1n) is 9.34. The number of carbonyl (C=O) groups is 2. The van der Waals surface area contributed by atoms with Crippen LogP contribution in [-0.4, -0.2) is 107 Å². The Balaban J connectivity index is 1.90. The highest BCUT2D eigenvalue weighted by atomic mass is 16.5.